The van der Waals surface area contributed by atoms with E-state index in [2.05, 4.69) is 10.1 Å². The quantitative estimate of drug-likeness (QED) is 0.608. The fourth-order valence-electron chi connectivity index (χ4n) is 2.98. The molecule has 0 radical (unpaired) electrons. The van der Waals surface area contributed by atoms with Gasteiger partial charge in [0.15, 0.2) is 0 Å². The Bertz CT molecular complexity index is 1180. The number of rotatable bonds is 4. The number of amides is 1. The molecule has 4 aromatic rings. The van der Waals surface area contributed by atoms with Crippen LogP contribution in [0.25, 0.3) is 22.2 Å². The molecule has 0 saturated carbocycles. The second-order valence-electron chi connectivity index (χ2n) is 6.14. The summed E-state index contributed by atoms with van der Waals surface area (Å²) in [6, 6.07) is 20.1. The molecule has 2 heterocycles. The number of primary amides is 1. The summed E-state index contributed by atoms with van der Waals surface area (Å²) in [7, 11) is 0. The van der Waals surface area contributed by atoms with E-state index in [-0.39, 0.29) is 5.56 Å². The molecular weight excluding hydrogens is 340 g/mol. The molecule has 4 rings (SSSR count). The maximum atomic E-state index is 12.8. The van der Waals surface area contributed by atoms with Crippen LogP contribution in [0.1, 0.15) is 15.9 Å². The zero-order chi connectivity index (χ0) is 18.8. The van der Waals surface area contributed by atoms with Crippen LogP contribution in [-0.4, -0.2) is 20.7 Å². The fourth-order valence-corrected chi connectivity index (χ4v) is 2.98. The van der Waals surface area contributed by atoms with E-state index in [1.165, 1.54) is 4.68 Å². The molecule has 0 fully saturated rings. The molecule has 2 aromatic heterocycles. The van der Waals surface area contributed by atoms with E-state index in [1.54, 1.807) is 36.5 Å². The van der Waals surface area contributed by atoms with Gasteiger partial charge in [-0.15, -0.1) is 0 Å². The van der Waals surface area contributed by atoms with Crippen LogP contribution in [0, 0.1) is 0 Å². The number of pyridine rings is 1. The Morgan fingerprint density at radius 3 is 2.41 bits per heavy atom. The number of hydrogen-bond acceptors (Lipinski definition) is 4. The summed E-state index contributed by atoms with van der Waals surface area (Å²) in [5, 5.41) is 5.25. The zero-order valence-electron chi connectivity index (χ0n) is 14.4. The van der Waals surface area contributed by atoms with Crippen molar-refractivity contribution in [3.63, 3.8) is 0 Å². The van der Waals surface area contributed by atoms with Crippen LogP contribution in [0.3, 0.4) is 0 Å². The number of benzene rings is 2. The lowest BCUT2D eigenvalue weighted by molar-refractivity contribution is 0.100. The Morgan fingerprint density at radius 1 is 0.963 bits per heavy atom. The first kappa shape index (κ1) is 16.7. The zero-order valence-corrected chi connectivity index (χ0v) is 14.4. The minimum absolute atomic E-state index is 0.244. The highest BCUT2D eigenvalue weighted by Gasteiger charge is 2.14. The molecule has 0 unspecified atom stereocenters. The first-order valence-electron chi connectivity index (χ1n) is 8.43. The van der Waals surface area contributed by atoms with Gasteiger partial charge >= 0.3 is 0 Å². The largest absolute Gasteiger partial charge is 0.366 e. The third-order valence-corrected chi connectivity index (χ3v) is 4.34. The van der Waals surface area contributed by atoms with E-state index >= 15 is 0 Å². The summed E-state index contributed by atoms with van der Waals surface area (Å²) in [5.74, 6) is -0.491. The lowest BCUT2D eigenvalue weighted by Gasteiger charge is -2.11. The normalized spacial score (nSPS) is 10.8. The average molecular weight is 356 g/mol. The Hall–Kier alpha value is -3.80. The van der Waals surface area contributed by atoms with Gasteiger partial charge < -0.3 is 5.73 Å². The molecule has 6 nitrogen and oxygen atoms in total. The Labute approximate surface area is 154 Å². The number of nitrogens with two attached hydrogens (primary N) is 1. The SMILES string of the molecule is NC(=O)c1ccc(-c2nn(Cc3ccccc3)c(=O)c3ncccc23)cc1. The molecule has 2 aromatic carbocycles. The summed E-state index contributed by atoms with van der Waals surface area (Å²) in [4.78, 5) is 28.4. The van der Waals surface area contributed by atoms with Crippen molar-refractivity contribution in [2.45, 2.75) is 6.54 Å². The molecule has 0 atom stereocenters. The van der Waals surface area contributed by atoms with Crippen molar-refractivity contribution < 1.29 is 4.79 Å². The summed E-state index contributed by atoms with van der Waals surface area (Å²) in [5.41, 5.74) is 8.22. The van der Waals surface area contributed by atoms with E-state index in [9.17, 15) is 9.59 Å². The van der Waals surface area contributed by atoms with Gasteiger partial charge in [0.2, 0.25) is 5.91 Å². The van der Waals surface area contributed by atoms with Crippen LogP contribution in [-0.2, 0) is 6.54 Å². The van der Waals surface area contributed by atoms with Crippen LogP contribution in [0.5, 0.6) is 0 Å². The van der Waals surface area contributed by atoms with Gasteiger partial charge in [-0.05, 0) is 29.8 Å². The van der Waals surface area contributed by atoms with E-state index in [0.717, 1.165) is 11.1 Å². The van der Waals surface area contributed by atoms with Crippen molar-refractivity contribution in [1.82, 2.24) is 14.8 Å². The molecule has 2 N–H and O–H groups in total. The number of aromatic nitrogens is 3. The molecular formula is C21H16N4O2. The number of nitrogens with zero attached hydrogens (tertiary/aromatic N) is 3. The van der Waals surface area contributed by atoms with Crippen LogP contribution < -0.4 is 11.3 Å². The van der Waals surface area contributed by atoms with E-state index < -0.39 is 5.91 Å². The molecule has 132 valence electrons. The van der Waals surface area contributed by atoms with Crippen molar-refractivity contribution >= 4 is 16.8 Å². The highest BCUT2D eigenvalue weighted by Crippen LogP contribution is 2.24. The standard InChI is InChI=1S/C21H16N4O2/c22-20(26)16-10-8-15(9-11-16)18-17-7-4-12-23-19(17)21(27)25(24-18)13-14-5-2-1-3-6-14/h1-12H,13H2,(H2,22,26). The van der Waals surface area contributed by atoms with Crippen LogP contribution in [0.15, 0.2) is 77.7 Å². The van der Waals surface area contributed by atoms with Crippen molar-refractivity contribution in [2.24, 2.45) is 5.73 Å². The second-order valence-corrected chi connectivity index (χ2v) is 6.14. The highest BCUT2D eigenvalue weighted by atomic mass is 16.1. The summed E-state index contributed by atoms with van der Waals surface area (Å²) in [6.45, 7) is 0.346. The van der Waals surface area contributed by atoms with Gasteiger partial charge in [0.25, 0.3) is 5.56 Å². The van der Waals surface area contributed by atoms with Crippen molar-refractivity contribution in [3.05, 3.63) is 94.4 Å². The Balaban J connectivity index is 1.90. The third-order valence-electron chi connectivity index (χ3n) is 4.34. The van der Waals surface area contributed by atoms with Gasteiger partial charge in [0.1, 0.15) is 11.2 Å². The smallest absolute Gasteiger partial charge is 0.293 e. The fraction of sp³-hybridized carbons (Fsp3) is 0.0476. The lowest BCUT2D eigenvalue weighted by atomic mass is 10.1. The van der Waals surface area contributed by atoms with Gasteiger partial charge in [0.05, 0.1) is 6.54 Å². The van der Waals surface area contributed by atoms with E-state index in [1.807, 2.05) is 36.4 Å². The van der Waals surface area contributed by atoms with Crippen molar-refractivity contribution in [2.75, 3.05) is 0 Å². The van der Waals surface area contributed by atoms with Crippen LogP contribution >= 0.6 is 0 Å². The molecule has 0 saturated heterocycles. The average Bonchev–Trinajstić information content (AvgIpc) is 2.71. The monoisotopic (exact) mass is 356 g/mol. The minimum Gasteiger partial charge on any atom is -0.366 e. The van der Waals surface area contributed by atoms with Gasteiger partial charge in [-0.2, -0.15) is 5.10 Å². The second kappa shape index (κ2) is 6.84. The number of carbonyl (C=O) groups is 1. The summed E-state index contributed by atoms with van der Waals surface area (Å²) >= 11 is 0. The maximum Gasteiger partial charge on any atom is 0.293 e. The van der Waals surface area contributed by atoms with Crippen LogP contribution in [0.4, 0.5) is 0 Å². The summed E-state index contributed by atoms with van der Waals surface area (Å²) < 4.78 is 1.42. The van der Waals surface area contributed by atoms with Crippen LogP contribution in [0.2, 0.25) is 0 Å². The lowest BCUT2D eigenvalue weighted by Crippen LogP contribution is -2.25. The van der Waals surface area contributed by atoms with Crippen molar-refractivity contribution in [3.8, 4) is 11.3 Å². The number of carbonyl (C=O) groups excluding carboxylic acids is 1. The first-order chi connectivity index (χ1) is 13.1. The molecule has 0 aliphatic heterocycles. The minimum atomic E-state index is -0.491. The maximum absolute atomic E-state index is 12.8. The first-order valence-corrected chi connectivity index (χ1v) is 8.43. The molecule has 0 aliphatic rings. The number of fused-ring (bicyclic) bond motifs is 1. The van der Waals surface area contributed by atoms with Crippen molar-refractivity contribution in [1.29, 1.82) is 0 Å². The Kier molecular flexibility index (Phi) is 4.22. The van der Waals surface area contributed by atoms with Gasteiger partial charge in [-0.1, -0.05) is 42.5 Å². The highest BCUT2D eigenvalue weighted by molar-refractivity contribution is 5.95. The molecule has 27 heavy (non-hydrogen) atoms. The molecule has 0 spiro atoms. The topological polar surface area (TPSA) is 90.9 Å². The predicted molar refractivity (Wildman–Crippen MR) is 103 cm³/mol. The van der Waals surface area contributed by atoms with Gasteiger partial charge in [-0.3, -0.25) is 14.6 Å². The predicted octanol–water partition coefficient (Wildman–Crippen LogP) is 2.61. The third kappa shape index (κ3) is 3.20. The van der Waals surface area contributed by atoms with E-state index in [0.29, 0.717) is 28.7 Å². The number of hydrogen-bond donors (Lipinski definition) is 1. The Morgan fingerprint density at radius 2 is 1.70 bits per heavy atom. The van der Waals surface area contributed by atoms with Gasteiger partial charge in [-0.25, -0.2) is 4.68 Å². The van der Waals surface area contributed by atoms with E-state index in [4.69, 9.17) is 5.73 Å². The molecule has 1 amide bonds. The molecule has 6 heteroatoms. The summed E-state index contributed by atoms with van der Waals surface area (Å²) in [6.07, 6.45) is 1.59. The van der Waals surface area contributed by atoms with Gasteiger partial charge in [0, 0.05) is 22.7 Å². The molecule has 0 aliphatic carbocycles. The molecule has 0 bridgehead atoms.